The number of rotatable bonds is 3. The van der Waals surface area contributed by atoms with Gasteiger partial charge in [-0.2, -0.15) is 13.2 Å². The van der Waals surface area contributed by atoms with E-state index >= 15 is 0 Å². The number of anilines is 1. The lowest BCUT2D eigenvalue weighted by atomic mass is 9.91. The molecule has 2 aliphatic heterocycles. The minimum atomic E-state index is -4.35. The number of piperidine rings is 1. The topological polar surface area (TPSA) is 53.7 Å². The molecule has 4 heterocycles. The lowest BCUT2D eigenvalue weighted by molar-refractivity contribution is -0.138. The number of hydrogen-bond acceptors (Lipinski definition) is 4. The Bertz CT molecular complexity index is 1240. The number of nitrogens with zero attached hydrogens (tertiary/aromatic N) is 5. The van der Waals surface area contributed by atoms with Crippen LogP contribution in [0.15, 0.2) is 42.6 Å². The molecule has 1 aromatic carbocycles. The molecule has 1 aliphatic carbocycles. The van der Waals surface area contributed by atoms with Crippen molar-refractivity contribution >= 4 is 17.4 Å². The molecular weight excluding hydrogens is 455 g/mol. The van der Waals surface area contributed by atoms with Gasteiger partial charge in [-0.25, -0.2) is 9.50 Å². The van der Waals surface area contributed by atoms with E-state index in [2.05, 4.69) is 15.0 Å². The first-order valence-corrected chi connectivity index (χ1v) is 12.4. The molecule has 1 amide bonds. The number of alkyl halides is 3. The first-order chi connectivity index (χ1) is 16.9. The summed E-state index contributed by atoms with van der Waals surface area (Å²) >= 11 is 0. The quantitative estimate of drug-likeness (QED) is 0.526. The van der Waals surface area contributed by atoms with Crippen LogP contribution in [0.5, 0.6) is 0 Å². The number of benzene rings is 1. The summed E-state index contributed by atoms with van der Waals surface area (Å²) in [5.74, 6) is 1.08. The number of fused-ring (bicyclic) bond motifs is 2. The molecule has 3 aromatic rings. The third-order valence-corrected chi connectivity index (χ3v) is 7.95. The van der Waals surface area contributed by atoms with Crippen molar-refractivity contribution in [1.82, 2.24) is 19.5 Å². The van der Waals surface area contributed by atoms with E-state index < -0.39 is 11.7 Å². The molecule has 0 unspecified atom stereocenters. The molecule has 1 saturated carbocycles. The summed E-state index contributed by atoms with van der Waals surface area (Å²) in [5.41, 5.74) is 0.867. The van der Waals surface area contributed by atoms with Crippen molar-refractivity contribution in [3.63, 3.8) is 0 Å². The van der Waals surface area contributed by atoms with E-state index in [-0.39, 0.29) is 23.7 Å². The van der Waals surface area contributed by atoms with Gasteiger partial charge in [0, 0.05) is 26.2 Å². The summed E-state index contributed by atoms with van der Waals surface area (Å²) in [6, 6.07) is 9.77. The number of aromatic nitrogens is 3. The maximum absolute atomic E-state index is 13.5. The van der Waals surface area contributed by atoms with Crippen molar-refractivity contribution in [2.24, 2.45) is 11.8 Å². The van der Waals surface area contributed by atoms with Crippen molar-refractivity contribution in [1.29, 1.82) is 0 Å². The molecule has 2 saturated heterocycles. The Morgan fingerprint density at radius 1 is 0.943 bits per heavy atom. The Balaban J connectivity index is 1.15. The normalized spacial score (nSPS) is 24.8. The van der Waals surface area contributed by atoms with Crippen molar-refractivity contribution in [3.05, 3.63) is 59.4 Å². The minimum Gasteiger partial charge on any atom is -0.355 e. The third-order valence-electron chi connectivity index (χ3n) is 7.95. The van der Waals surface area contributed by atoms with Gasteiger partial charge < -0.3 is 9.80 Å². The van der Waals surface area contributed by atoms with Gasteiger partial charge in [0.2, 0.25) is 0 Å². The van der Waals surface area contributed by atoms with Gasteiger partial charge in [-0.3, -0.25) is 4.79 Å². The molecule has 0 N–H and O–H groups in total. The minimum absolute atomic E-state index is 0.118. The number of imidazole rings is 1. The number of amides is 1. The second-order valence-electron chi connectivity index (χ2n) is 10.2. The second kappa shape index (κ2) is 8.53. The zero-order valence-electron chi connectivity index (χ0n) is 19.4. The monoisotopic (exact) mass is 483 g/mol. The fourth-order valence-electron chi connectivity index (χ4n) is 6.26. The molecule has 3 fully saturated rings. The molecule has 9 heteroatoms. The summed E-state index contributed by atoms with van der Waals surface area (Å²) in [7, 11) is 0. The number of carbonyl (C=O) groups is 1. The Hall–Kier alpha value is -3.10. The molecule has 3 atom stereocenters. The van der Waals surface area contributed by atoms with Gasteiger partial charge in [-0.1, -0.05) is 18.2 Å². The zero-order chi connectivity index (χ0) is 24.2. The lowest BCUT2D eigenvalue weighted by Crippen LogP contribution is -2.30. The third kappa shape index (κ3) is 4.15. The van der Waals surface area contributed by atoms with Gasteiger partial charge in [0.15, 0.2) is 5.65 Å². The number of likely N-dealkylation sites (tertiary alicyclic amines) is 1. The van der Waals surface area contributed by atoms with Crippen LogP contribution in [0.25, 0.3) is 5.65 Å². The summed E-state index contributed by atoms with van der Waals surface area (Å²) in [4.78, 5) is 21.8. The van der Waals surface area contributed by atoms with Gasteiger partial charge in [-0.15, -0.1) is 5.10 Å². The van der Waals surface area contributed by atoms with E-state index in [1.807, 2.05) is 17.0 Å². The average Bonchev–Trinajstić information content (AvgIpc) is 3.56. The standard InChI is InChI=1S/C26H28F3N5O/c27-26(28,29)21-7-3-2-6-20(21)17-12-18-14-33(15-19(18)13-17)25(35)22-16-34-23(30-22)8-9-24(31-34)32-10-4-1-5-11-32/h2-3,6-9,16-19H,1,4-5,10-15H2/t17-,18-,19+. The van der Waals surface area contributed by atoms with E-state index in [1.165, 1.54) is 18.6 Å². The van der Waals surface area contributed by atoms with Gasteiger partial charge >= 0.3 is 6.18 Å². The molecular formula is C26H28F3N5O. The van der Waals surface area contributed by atoms with Crippen LogP contribution in [0.4, 0.5) is 19.0 Å². The van der Waals surface area contributed by atoms with Gasteiger partial charge in [0.25, 0.3) is 5.91 Å². The van der Waals surface area contributed by atoms with Gasteiger partial charge in [0.05, 0.1) is 11.8 Å². The molecule has 0 bridgehead atoms. The van der Waals surface area contributed by atoms with Crippen LogP contribution in [0.3, 0.4) is 0 Å². The number of hydrogen-bond donors (Lipinski definition) is 0. The number of halogens is 3. The van der Waals surface area contributed by atoms with E-state index in [9.17, 15) is 18.0 Å². The van der Waals surface area contributed by atoms with Crippen molar-refractivity contribution < 1.29 is 18.0 Å². The summed E-state index contributed by atoms with van der Waals surface area (Å²) in [6.07, 6.45) is 2.26. The molecule has 35 heavy (non-hydrogen) atoms. The predicted molar refractivity (Wildman–Crippen MR) is 125 cm³/mol. The highest BCUT2D eigenvalue weighted by molar-refractivity contribution is 5.93. The fourth-order valence-corrected chi connectivity index (χ4v) is 6.26. The lowest BCUT2D eigenvalue weighted by Gasteiger charge is -2.27. The molecule has 2 aromatic heterocycles. The smallest absolute Gasteiger partial charge is 0.355 e. The Kier molecular flexibility index (Phi) is 5.45. The van der Waals surface area contributed by atoms with Crippen LogP contribution in [0, 0.1) is 11.8 Å². The van der Waals surface area contributed by atoms with E-state index in [1.54, 1.807) is 22.8 Å². The maximum atomic E-state index is 13.5. The SMILES string of the molecule is O=C(c1cn2nc(N3CCCCC3)ccc2n1)N1C[C@H]2C[C@@H](c3ccccc3C(F)(F)F)C[C@H]2C1. The zero-order valence-corrected chi connectivity index (χ0v) is 19.4. The van der Waals surface area contributed by atoms with E-state index in [0.717, 1.165) is 31.7 Å². The summed E-state index contributed by atoms with van der Waals surface area (Å²) in [5, 5.41) is 4.67. The van der Waals surface area contributed by atoms with E-state index in [4.69, 9.17) is 0 Å². The van der Waals surface area contributed by atoms with E-state index in [0.29, 0.717) is 42.8 Å². The van der Waals surface area contributed by atoms with Gasteiger partial charge in [-0.05, 0) is 73.6 Å². The first kappa shape index (κ1) is 22.4. The summed E-state index contributed by atoms with van der Waals surface area (Å²) < 4.78 is 42.2. The molecule has 3 aliphatic rings. The molecule has 6 rings (SSSR count). The van der Waals surface area contributed by atoms with Crippen LogP contribution < -0.4 is 4.90 Å². The largest absolute Gasteiger partial charge is 0.416 e. The molecule has 6 nitrogen and oxygen atoms in total. The molecule has 0 radical (unpaired) electrons. The predicted octanol–water partition coefficient (Wildman–Crippen LogP) is 5.00. The average molecular weight is 484 g/mol. The van der Waals surface area contributed by atoms with Gasteiger partial charge in [0.1, 0.15) is 11.5 Å². The highest BCUT2D eigenvalue weighted by Crippen LogP contribution is 2.49. The highest BCUT2D eigenvalue weighted by atomic mass is 19.4. The Morgan fingerprint density at radius 2 is 1.66 bits per heavy atom. The van der Waals surface area contributed by atoms with Crippen molar-refractivity contribution in [2.75, 3.05) is 31.1 Å². The molecule has 184 valence electrons. The van der Waals surface area contributed by atoms with Crippen LogP contribution in [0.2, 0.25) is 0 Å². The van der Waals surface area contributed by atoms with Crippen LogP contribution >= 0.6 is 0 Å². The first-order valence-electron chi connectivity index (χ1n) is 12.4. The van der Waals surface area contributed by atoms with Crippen LogP contribution in [-0.4, -0.2) is 51.6 Å². The highest BCUT2D eigenvalue weighted by Gasteiger charge is 2.45. The Morgan fingerprint density at radius 3 is 2.37 bits per heavy atom. The summed E-state index contributed by atoms with van der Waals surface area (Å²) in [6.45, 7) is 3.11. The van der Waals surface area contributed by atoms with Crippen molar-refractivity contribution in [2.45, 2.75) is 44.2 Å². The fraction of sp³-hybridized carbons (Fsp3) is 0.500. The van der Waals surface area contributed by atoms with Crippen molar-refractivity contribution in [3.8, 4) is 0 Å². The Labute approximate surface area is 201 Å². The van der Waals surface area contributed by atoms with Crippen LogP contribution in [0.1, 0.15) is 59.6 Å². The molecule has 0 spiro atoms. The number of carbonyl (C=O) groups excluding carboxylic acids is 1. The second-order valence-corrected chi connectivity index (χ2v) is 10.2. The van der Waals surface area contributed by atoms with Crippen LogP contribution in [-0.2, 0) is 6.18 Å². The maximum Gasteiger partial charge on any atom is 0.416 e.